The van der Waals surface area contributed by atoms with Crippen molar-refractivity contribution in [2.24, 2.45) is 0 Å². The van der Waals surface area contributed by atoms with E-state index in [1.165, 1.54) is 32.4 Å². The second kappa shape index (κ2) is 5.98. The first kappa shape index (κ1) is 13.8. The smallest absolute Gasteiger partial charge is 0.216 e. The summed E-state index contributed by atoms with van der Waals surface area (Å²) >= 11 is 3.40. The topological polar surface area (TPSA) is 17.1 Å². The van der Waals surface area contributed by atoms with Gasteiger partial charge in [-0.2, -0.15) is 0 Å². The van der Waals surface area contributed by atoms with Crippen LogP contribution in [0.1, 0.15) is 36.5 Å². The summed E-state index contributed by atoms with van der Waals surface area (Å²) in [5.41, 5.74) is 0.842. The molecule has 1 aliphatic rings. The van der Waals surface area contributed by atoms with E-state index in [-0.39, 0.29) is 5.78 Å². The number of ketones is 1. The Morgan fingerprint density at radius 3 is 2.33 bits per heavy atom. The van der Waals surface area contributed by atoms with Gasteiger partial charge in [-0.3, -0.25) is 4.79 Å². The molecule has 2 rings (SSSR count). The lowest BCUT2D eigenvalue weighted by Gasteiger charge is -2.40. The zero-order chi connectivity index (χ0) is 13.0. The van der Waals surface area contributed by atoms with Gasteiger partial charge in [0.25, 0.3) is 0 Å². The molecule has 98 valence electrons. The lowest BCUT2D eigenvalue weighted by Crippen LogP contribution is -2.54. The van der Waals surface area contributed by atoms with Crippen molar-refractivity contribution in [3.05, 3.63) is 34.3 Å². The highest BCUT2D eigenvalue weighted by Crippen LogP contribution is 2.20. The van der Waals surface area contributed by atoms with E-state index in [1.807, 2.05) is 24.3 Å². The molecule has 0 bridgehead atoms. The molecule has 0 spiro atoms. The molecule has 2 nitrogen and oxygen atoms in total. The summed E-state index contributed by atoms with van der Waals surface area (Å²) < 4.78 is 2.01. The fourth-order valence-corrected chi connectivity index (χ4v) is 3.07. The number of benzene rings is 1. The lowest BCUT2D eigenvalue weighted by atomic mass is 10.0. The zero-order valence-corrected chi connectivity index (χ0v) is 12.6. The number of nitrogens with zero attached hydrogens (tertiary/aromatic N) is 1. The minimum absolute atomic E-state index is 0.284. The summed E-state index contributed by atoms with van der Waals surface area (Å²) in [6, 6.07) is 7.73. The van der Waals surface area contributed by atoms with Crippen LogP contribution >= 0.6 is 15.9 Å². The largest absolute Gasteiger partial charge is 0.317 e. The number of halogens is 1. The number of piperidine rings is 1. The van der Waals surface area contributed by atoms with E-state index in [0.717, 1.165) is 21.1 Å². The summed E-state index contributed by atoms with van der Waals surface area (Å²) in [7, 11) is 0. The molecule has 1 aliphatic heterocycles. The summed E-state index contributed by atoms with van der Waals surface area (Å²) in [6.07, 6.45) is 3.86. The maximum atomic E-state index is 12.4. The number of hydrogen-bond acceptors (Lipinski definition) is 1. The predicted molar refractivity (Wildman–Crippen MR) is 77.7 cm³/mol. The monoisotopic (exact) mass is 310 g/mol. The Balaban J connectivity index is 2.07. The first-order valence-corrected chi connectivity index (χ1v) is 7.58. The Labute approximate surface area is 118 Å². The fourth-order valence-electron chi connectivity index (χ4n) is 2.80. The molecule has 3 heteroatoms. The minimum atomic E-state index is 0.284. The van der Waals surface area contributed by atoms with E-state index in [4.69, 9.17) is 0 Å². The van der Waals surface area contributed by atoms with Gasteiger partial charge in [-0.1, -0.05) is 28.1 Å². The van der Waals surface area contributed by atoms with Crippen LogP contribution in [0.3, 0.4) is 0 Å². The van der Waals surface area contributed by atoms with Gasteiger partial charge in [0, 0.05) is 10.0 Å². The number of hydrogen-bond donors (Lipinski definition) is 0. The molecule has 0 amide bonds. The third kappa shape index (κ3) is 3.21. The molecule has 0 unspecified atom stereocenters. The fraction of sp³-hybridized carbons (Fsp3) is 0.533. The molecule has 0 radical (unpaired) electrons. The van der Waals surface area contributed by atoms with Crippen LogP contribution in [-0.2, 0) is 0 Å². The van der Waals surface area contributed by atoms with Crippen molar-refractivity contribution in [1.82, 2.24) is 0 Å². The molecular formula is C15H21BrNO+. The van der Waals surface area contributed by atoms with E-state index in [1.54, 1.807) is 0 Å². The van der Waals surface area contributed by atoms with Crippen LogP contribution in [0.4, 0.5) is 0 Å². The molecule has 0 aromatic heterocycles. The first-order valence-electron chi connectivity index (χ1n) is 6.79. The molecule has 1 heterocycles. The molecule has 0 N–H and O–H groups in total. The minimum Gasteiger partial charge on any atom is -0.317 e. The van der Waals surface area contributed by atoms with Gasteiger partial charge in [0.2, 0.25) is 5.78 Å². The number of likely N-dealkylation sites (N-methyl/N-ethyl adjacent to an activating group) is 1. The van der Waals surface area contributed by atoms with E-state index in [0.29, 0.717) is 6.54 Å². The van der Waals surface area contributed by atoms with Gasteiger partial charge in [-0.05, 0) is 38.3 Å². The highest BCUT2D eigenvalue weighted by molar-refractivity contribution is 9.10. The molecule has 0 aliphatic carbocycles. The Bertz CT molecular complexity index is 407. The Kier molecular flexibility index (Phi) is 4.57. The quantitative estimate of drug-likeness (QED) is 0.613. The van der Waals surface area contributed by atoms with Crippen LogP contribution in [0.25, 0.3) is 0 Å². The summed E-state index contributed by atoms with van der Waals surface area (Å²) in [5.74, 6) is 0.284. The van der Waals surface area contributed by atoms with Crippen molar-refractivity contribution in [3.8, 4) is 0 Å². The molecule has 1 aromatic rings. The van der Waals surface area contributed by atoms with E-state index in [2.05, 4.69) is 22.9 Å². The highest BCUT2D eigenvalue weighted by Gasteiger charge is 2.30. The number of carbonyl (C=O) groups is 1. The van der Waals surface area contributed by atoms with E-state index < -0.39 is 0 Å². The zero-order valence-electron chi connectivity index (χ0n) is 11.0. The van der Waals surface area contributed by atoms with Crippen LogP contribution in [-0.4, -0.2) is 36.4 Å². The number of quaternary nitrogens is 1. The maximum absolute atomic E-state index is 12.4. The first-order chi connectivity index (χ1) is 8.65. The summed E-state index contributed by atoms with van der Waals surface area (Å²) in [6.45, 7) is 6.28. The second-order valence-corrected chi connectivity index (χ2v) is 6.17. The van der Waals surface area contributed by atoms with Crippen molar-refractivity contribution in [1.29, 1.82) is 0 Å². The van der Waals surface area contributed by atoms with Gasteiger partial charge < -0.3 is 4.48 Å². The molecule has 18 heavy (non-hydrogen) atoms. The molecule has 0 saturated carbocycles. The van der Waals surface area contributed by atoms with Gasteiger partial charge in [-0.15, -0.1) is 0 Å². The number of rotatable bonds is 4. The number of Topliss-reactive ketones (excluding diaryl/α,β-unsaturated/α-hetero) is 1. The van der Waals surface area contributed by atoms with Crippen LogP contribution in [0, 0.1) is 0 Å². The highest BCUT2D eigenvalue weighted by atomic mass is 79.9. The van der Waals surface area contributed by atoms with Crippen molar-refractivity contribution < 1.29 is 9.28 Å². The maximum Gasteiger partial charge on any atom is 0.216 e. The number of likely N-dealkylation sites (tertiary alicyclic amines) is 1. The molecule has 0 atom stereocenters. The normalized spacial score (nSPS) is 18.6. The van der Waals surface area contributed by atoms with Crippen molar-refractivity contribution in [3.63, 3.8) is 0 Å². The van der Waals surface area contributed by atoms with Gasteiger partial charge in [0.1, 0.15) is 6.54 Å². The van der Waals surface area contributed by atoms with E-state index >= 15 is 0 Å². The van der Waals surface area contributed by atoms with Crippen LogP contribution < -0.4 is 0 Å². The van der Waals surface area contributed by atoms with Gasteiger partial charge >= 0.3 is 0 Å². The van der Waals surface area contributed by atoms with Crippen LogP contribution in [0.2, 0.25) is 0 Å². The van der Waals surface area contributed by atoms with Crippen molar-refractivity contribution in [2.45, 2.75) is 26.2 Å². The summed E-state index contributed by atoms with van der Waals surface area (Å²) in [5, 5.41) is 0. The Hall–Kier alpha value is -0.670. The van der Waals surface area contributed by atoms with Crippen LogP contribution in [0.5, 0.6) is 0 Å². The molecule has 1 aromatic carbocycles. The van der Waals surface area contributed by atoms with E-state index in [9.17, 15) is 4.79 Å². The Morgan fingerprint density at radius 1 is 1.17 bits per heavy atom. The van der Waals surface area contributed by atoms with Crippen LogP contribution in [0.15, 0.2) is 28.7 Å². The summed E-state index contributed by atoms with van der Waals surface area (Å²) in [4.78, 5) is 12.4. The van der Waals surface area contributed by atoms with Crippen molar-refractivity contribution >= 4 is 21.7 Å². The van der Waals surface area contributed by atoms with Gasteiger partial charge in [0.05, 0.1) is 19.6 Å². The Morgan fingerprint density at radius 2 is 1.78 bits per heavy atom. The molecular weight excluding hydrogens is 290 g/mol. The standard InChI is InChI=1S/C15H21BrNO/c1-2-17(10-4-3-5-11-17)12-15(18)13-6-8-14(16)9-7-13/h6-9H,2-5,10-12H2,1H3/q+1. The number of carbonyl (C=O) groups excluding carboxylic acids is 1. The molecule has 1 saturated heterocycles. The third-order valence-corrected chi connectivity index (χ3v) is 4.61. The third-order valence-electron chi connectivity index (χ3n) is 4.08. The van der Waals surface area contributed by atoms with Gasteiger partial charge in [0.15, 0.2) is 0 Å². The molecule has 1 fully saturated rings. The van der Waals surface area contributed by atoms with Crippen molar-refractivity contribution in [2.75, 3.05) is 26.2 Å². The predicted octanol–water partition coefficient (Wildman–Crippen LogP) is 3.65. The SMILES string of the molecule is CC[N+]1(CC(=O)c2ccc(Br)cc2)CCCCC1. The van der Waals surface area contributed by atoms with Gasteiger partial charge in [-0.25, -0.2) is 0 Å². The lowest BCUT2D eigenvalue weighted by molar-refractivity contribution is -0.923. The average Bonchev–Trinajstić information content (AvgIpc) is 2.40. The average molecular weight is 311 g/mol. The second-order valence-electron chi connectivity index (χ2n) is 5.25.